The van der Waals surface area contributed by atoms with Crippen LogP contribution in [-0.2, 0) is 6.42 Å². The monoisotopic (exact) mass is 157 g/mol. The van der Waals surface area contributed by atoms with Crippen LogP contribution in [-0.4, -0.2) is 14.6 Å². The first kappa shape index (κ1) is 5.94. The lowest BCUT2D eigenvalue weighted by Gasteiger charge is -1.98. The SMILES string of the molecule is C1=Cc2nc3ccnn3cc2C1. The Bertz CT molecular complexity index is 468. The molecule has 0 N–H and O–H groups in total. The van der Waals surface area contributed by atoms with Gasteiger partial charge in [-0.25, -0.2) is 9.50 Å². The van der Waals surface area contributed by atoms with Gasteiger partial charge in [-0.05, 0) is 12.5 Å². The summed E-state index contributed by atoms with van der Waals surface area (Å²) in [7, 11) is 0. The molecule has 2 aromatic rings. The second-order valence-corrected chi connectivity index (χ2v) is 2.89. The Morgan fingerprint density at radius 2 is 2.42 bits per heavy atom. The van der Waals surface area contributed by atoms with Crippen LogP contribution in [0.15, 0.2) is 24.5 Å². The lowest BCUT2D eigenvalue weighted by atomic mass is 10.2. The summed E-state index contributed by atoms with van der Waals surface area (Å²) in [5.74, 6) is 0. The van der Waals surface area contributed by atoms with Gasteiger partial charge in [-0.1, -0.05) is 6.08 Å². The fourth-order valence-corrected chi connectivity index (χ4v) is 1.50. The summed E-state index contributed by atoms with van der Waals surface area (Å²) in [6.07, 6.45) is 8.97. The van der Waals surface area contributed by atoms with Crippen molar-refractivity contribution in [1.82, 2.24) is 14.6 Å². The zero-order valence-corrected chi connectivity index (χ0v) is 6.44. The zero-order chi connectivity index (χ0) is 7.97. The van der Waals surface area contributed by atoms with Crippen molar-refractivity contribution in [2.45, 2.75) is 6.42 Å². The molecule has 12 heavy (non-hydrogen) atoms. The van der Waals surface area contributed by atoms with E-state index in [0.29, 0.717) is 0 Å². The summed E-state index contributed by atoms with van der Waals surface area (Å²) in [4.78, 5) is 4.43. The van der Waals surface area contributed by atoms with E-state index >= 15 is 0 Å². The highest BCUT2D eigenvalue weighted by Gasteiger charge is 2.07. The Morgan fingerprint density at radius 3 is 3.42 bits per heavy atom. The van der Waals surface area contributed by atoms with Crippen molar-refractivity contribution in [3.63, 3.8) is 0 Å². The topological polar surface area (TPSA) is 30.2 Å². The largest absolute Gasteiger partial charge is 0.229 e. The minimum atomic E-state index is 0.917. The van der Waals surface area contributed by atoms with Gasteiger partial charge in [0, 0.05) is 17.8 Å². The zero-order valence-electron chi connectivity index (χ0n) is 6.44. The van der Waals surface area contributed by atoms with E-state index in [-0.39, 0.29) is 0 Å². The van der Waals surface area contributed by atoms with E-state index in [9.17, 15) is 0 Å². The van der Waals surface area contributed by atoms with Gasteiger partial charge in [0.2, 0.25) is 0 Å². The fourth-order valence-electron chi connectivity index (χ4n) is 1.50. The predicted octanol–water partition coefficient (Wildman–Crippen LogP) is 1.30. The Labute approximate surface area is 69.4 Å². The molecular formula is C9H7N3. The van der Waals surface area contributed by atoms with E-state index in [1.54, 1.807) is 6.20 Å². The number of allylic oxidation sites excluding steroid dienone is 1. The summed E-state index contributed by atoms with van der Waals surface area (Å²) in [6, 6.07) is 1.91. The van der Waals surface area contributed by atoms with Crippen molar-refractivity contribution < 1.29 is 0 Å². The highest BCUT2D eigenvalue weighted by atomic mass is 15.2. The van der Waals surface area contributed by atoms with Gasteiger partial charge < -0.3 is 0 Å². The molecule has 3 rings (SSSR count). The molecule has 2 aromatic heterocycles. The number of rotatable bonds is 0. The molecular weight excluding hydrogens is 150 g/mol. The molecule has 0 saturated carbocycles. The molecule has 3 nitrogen and oxygen atoms in total. The molecule has 0 amide bonds. The van der Waals surface area contributed by atoms with E-state index in [4.69, 9.17) is 0 Å². The number of aromatic nitrogens is 3. The molecule has 58 valence electrons. The molecule has 3 heteroatoms. The summed E-state index contributed by atoms with van der Waals surface area (Å²) >= 11 is 0. The Morgan fingerprint density at radius 1 is 1.42 bits per heavy atom. The summed E-state index contributed by atoms with van der Waals surface area (Å²) < 4.78 is 1.81. The van der Waals surface area contributed by atoms with Crippen molar-refractivity contribution in [2.75, 3.05) is 0 Å². The number of hydrogen-bond donors (Lipinski definition) is 0. The third kappa shape index (κ3) is 0.652. The molecule has 1 aliphatic rings. The lowest BCUT2D eigenvalue weighted by Crippen LogP contribution is -1.94. The average molecular weight is 157 g/mol. The summed E-state index contributed by atoms with van der Waals surface area (Å²) in [5, 5.41) is 4.12. The molecule has 1 aliphatic carbocycles. The first-order valence-corrected chi connectivity index (χ1v) is 3.93. The van der Waals surface area contributed by atoms with Crippen LogP contribution in [0.3, 0.4) is 0 Å². The quantitative estimate of drug-likeness (QED) is 0.577. The lowest BCUT2D eigenvalue weighted by molar-refractivity contribution is 0.921. The minimum absolute atomic E-state index is 0.917. The first-order valence-electron chi connectivity index (χ1n) is 3.93. The Balaban J connectivity index is 2.43. The van der Waals surface area contributed by atoms with Gasteiger partial charge in [0.15, 0.2) is 5.65 Å². The molecule has 0 spiro atoms. The maximum atomic E-state index is 4.43. The minimum Gasteiger partial charge on any atom is -0.229 e. The maximum absolute atomic E-state index is 4.43. The van der Waals surface area contributed by atoms with Crippen LogP contribution < -0.4 is 0 Å². The van der Waals surface area contributed by atoms with Gasteiger partial charge in [-0.15, -0.1) is 0 Å². The van der Waals surface area contributed by atoms with Crippen LogP contribution in [0, 0.1) is 0 Å². The molecule has 0 aliphatic heterocycles. The van der Waals surface area contributed by atoms with Crippen LogP contribution >= 0.6 is 0 Å². The highest BCUT2D eigenvalue weighted by molar-refractivity contribution is 5.58. The van der Waals surface area contributed by atoms with E-state index in [2.05, 4.69) is 22.2 Å². The molecule has 0 aromatic carbocycles. The van der Waals surface area contributed by atoms with Crippen molar-refractivity contribution in [1.29, 1.82) is 0 Å². The van der Waals surface area contributed by atoms with Gasteiger partial charge in [0.1, 0.15) is 0 Å². The van der Waals surface area contributed by atoms with Gasteiger partial charge in [-0.2, -0.15) is 5.10 Å². The van der Waals surface area contributed by atoms with Crippen LogP contribution in [0.2, 0.25) is 0 Å². The van der Waals surface area contributed by atoms with Crippen LogP contribution in [0.4, 0.5) is 0 Å². The first-order chi connectivity index (χ1) is 5.93. The average Bonchev–Trinajstić information content (AvgIpc) is 2.64. The second-order valence-electron chi connectivity index (χ2n) is 2.89. The third-order valence-corrected chi connectivity index (χ3v) is 2.11. The van der Waals surface area contributed by atoms with E-state index < -0.39 is 0 Å². The number of fused-ring (bicyclic) bond motifs is 2. The molecule has 0 fully saturated rings. The summed E-state index contributed by atoms with van der Waals surface area (Å²) in [6.45, 7) is 0. The highest BCUT2D eigenvalue weighted by Crippen LogP contribution is 2.17. The Kier molecular flexibility index (Phi) is 0.961. The predicted molar refractivity (Wildman–Crippen MR) is 45.7 cm³/mol. The van der Waals surface area contributed by atoms with Crippen LogP contribution in [0.1, 0.15) is 11.3 Å². The van der Waals surface area contributed by atoms with Gasteiger partial charge in [0.05, 0.1) is 11.9 Å². The van der Waals surface area contributed by atoms with Gasteiger partial charge in [0.25, 0.3) is 0 Å². The second kappa shape index (κ2) is 1.94. The molecule has 0 atom stereocenters. The van der Waals surface area contributed by atoms with Crippen molar-refractivity contribution in [3.05, 3.63) is 35.8 Å². The van der Waals surface area contributed by atoms with E-state index in [1.807, 2.05) is 16.8 Å². The maximum Gasteiger partial charge on any atom is 0.155 e. The molecule has 0 unspecified atom stereocenters. The standard InChI is InChI=1S/C9H7N3/c1-2-7-6-12-9(4-5-10-12)11-8(7)3-1/h1,3-6H,2H2. The van der Waals surface area contributed by atoms with Crippen LogP contribution in [0.5, 0.6) is 0 Å². The fraction of sp³-hybridized carbons (Fsp3) is 0.111. The normalized spacial score (nSPS) is 14.0. The van der Waals surface area contributed by atoms with Gasteiger partial charge in [-0.3, -0.25) is 0 Å². The smallest absolute Gasteiger partial charge is 0.155 e. The van der Waals surface area contributed by atoms with Crippen molar-refractivity contribution >= 4 is 11.7 Å². The van der Waals surface area contributed by atoms with Gasteiger partial charge >= 0.3 is 0 Å². The molecule has 0 bridgehead atoms. The number of nitrogens with zero attached hydrogens (tertiary/aromatic N) is 3. The Hall–Kier alpha value is -1.64. The molecule has 0 radical (unpaired) electrons. The third-order valence-electron chi connectivity index (χ3n) is 2.11. The van der Waals surface area contributed by atoms with Crippen molar-refractivity contribution in [2.24, 2.45) is 0 Å². The summed E-state index contributed by atoms with van der Waals surface area (Å²) in [5.41, 5.74) is 3.26. The number of hydrogen-bond acceptors (Lipinski definition) is 2. The molecule has 0 saturated heterocycles. The van der Waals surface area contributed by atoms with E-state index in [1.165, 1.54) is 5.56 Å². The van der Waals surface area contributed by atoms with Crippen molar-refractivity contribution in [3.8, 4) is 0 Å². The molecule has 2 heterocycles. The van der Waals surface area contributed by atoms with E-state index in [0.717, 1.165) is 17.8 Å². The van der Waals surface area contributed by atoms with Crippen LogP contribution in [0.25, 0.3) is 11.7 Å².